The smallest absolute Gasteiger partial charge is 0.487 e. The van der Waals surface area contributed by atoms with E-state index < -0.39 is 12.3 Å². The highest BCUT2D eigenvalue weighted by Gasteiger charge is 2.31. The van der Waals surface area contributed by atoms with Crippen molar-refractivity contribution in [3.05, 3.63) is 64.7 Å². The van der Waals surface area contributed by atoms with Crippen molar-refractivity contribution in [1.82, 2.24) is 4.98 Å². The Morgan fingerprint density at radius 3 is 2.63 bits per heavy atom. The minimum Gasteiger partial charge on any atom is -0.487 e. The predicted octanol–water partition coefficient (Wildman–Crippen LogP) is 4.28. The first-order chi connectivity index (χ1) is 16.8. The van der Waals surface area contributed by atoms with Gasteiger partial charge in [0.15, 0.2) is 16.6 Å². The first-order valence-corrected chi connectivity index (χ1v) is 11.2. The third-order valence-electron chi connectivity index (χ3n) is 4.38. The molecule has 1 heterocycles. The molecule has 8 nitrogen and oxygen atoms in total. The highest BCUT2D eigenvalue weighted by atomic mass is 32.1. The largest absolute Gasteiger partial charge is 0.573 e. The fraction of sp³-hybridized carbons (Fsp3) is 0.304. The lowest BCUT2D eigenvalue weighted by Gasteiger charge is -2.13. The summed E-state index contributed by atoms with van der Waals surface area (Å²) < 4.78 is 57.3. The van der Waals surface area contributed by atoms with Gasteiger partial charge in [-0.15, -0.1) is 24.5 Å². The Morgan fingerprint density at radius 1 is 1.09 bits per heavy atom. The number of rotatable bonds is 12. The Morgan fingerprint density at radius 2 is 1.89 bits per heavy atom. The van der Waals surface area contributed by atoms with Gasteiger partial charge in [0.1, 0.15) is 19.0 Å². The van der Waals surface area contributed by atoms with Crippen molar-refractivity contribution < 1.29 is 42.0 Å². The van der Waals surface area contributed by atoms with Gasteiger partial charge in [-0.2, -0.15) is 0 Å². The van der Waals surface area contributed by atoms with Crippen molar-refractivity contribution in [1.29, 1.82) is 0 Å². The Labute approximate surface area is 203 Å². The Hall–Kier alpha value is -3.35. The summed E-state index contributed by atoms with van der Waals surface area (Å²) in [6.07, 6.45) is -2.91. The van der Waals surface area contributed by atoms with Gasteiger partial charge < -0.3 is 24.1 Å². The monoisotopic (exact) mass is 512 g/mol. The van der Waals surface area contributed by atoms with E-state index in [4.69, 9.17) is 19.3 Å². The van der Waals surface area contributed by atoms with Crippen LogP contribution < -0.4 is 19.5 Å². The lowest BCUT2D eigenvalue weighted by atomic mass is 10.1. The topological polar surface area (TPSA) is 99.1 Å². The Balaban J connectivity index is 1.66. The van der Waals surface area contributed by atoms with Gasteiger partial charge in [-0.05, 0) is 35.9 Å². The van der Waals surface area contributed by atoms with Crippen LogP contribution in [0.25, 0.3) is 0 Å². The molecule has 0 spiro atoms. The summed E-state index contributed by atoms with van der Waals surface area (Å²) in [5.74, 6) is -0.0467. The van der Waals surface area contributed by atoms with Crippen LogP contribution in [0.5, 0.6) is 17.2 Å². The number of methoxy groups -OCH3 is 1. The molecule has 0 aliphatic carbocycles. The zero-order valence-electron chi connectivity index (χ0n) is 18.6. The molecule has 0 aliphatic rings. The number of anilines is 1. The number of halogens is 3. The lowest BCUT2D eigenvalue weighted by molar-refractivity contribution is -0.274. The van der Waals surface area contributed by atoms with Crippen LogP contribution >= 0.6 is 11.3 Å². The molecule has 2 aromatic carbocycles. The number of hydrogen-bond acceptors (Lipinski definition) is 8. The Kier molecular flexibility index (Phi) is 9.29. The van der Waals surface area contributed by atoms with Gasteiger partial charge in [0.05, 0.1) is 13.2 Å². The summed E-state index contributed by atoms with van der Waals surface area (Å²) in [4.78, 5) is 17.6. The molecule has 0 atom stereocenters. The zero-order valence-corrected chi connectivity index (χ0v) is 19.4. The van der Waals surface area contributed by atoms with Crippen LogP contribution in [-0.4, -0.2) is 55.9 Å². The molecular weight excluding hydrogens is 489 g/mol. The molecule has 1 amide bonds. The van der Waals surface area contributed by atoms with E-state index in [9.17, 15) is 18.0 Å². The van der Waals surface area contributed by atoms with Gasteiger partial charge in [0, 0.05) is 30.2 Å². The summed E-state index contributed by atoms with van der Waals surface area (Å²) in [5, 5.41) is 12.1. The first-order valence-electron chi connectivity index (χ1n) is 10.4. The second-order valence-corrected chi connectivity index (χ2v) is 8.15. The number of nitrogens with zero attached hydrogens (tertiary/aromatic N) is 1. The summed E-state index contributed by atoms with van der Waals surface area (Å²) in [5.41, 5.74) is 0.883. The summed E-state index contributed by atoms with van der Waals surface area (Å²) in [7, 11) is 1.55. The highest BCUT2D eigenvalue weighted by molar-refractivity contribution is 7.15. The van der Waals surface area contributed by atoms with Crippen molar-refractivity contribution in [2.24, 2.45) is 0 Å². The van der Waals surface area contributed by atoms with Crippen LogP contribution in [0.4, 0.5) is 18.3 Å². The molecule has 35 heavy (non-hydrogen) atoms. The van der Waals surface area contributed by atoms with Gasteiger partial charge in [0.25, 0.3) is 5.91 Å². The van der Waals surface area contributed by atoms with Crippen LogP contribution in [0.3, 0.4) is 0 Å². The molecule has 0 aliphatic heterocycles. The fourth-order valence-electron chi connectivity index (χ4n) is 2.94. The van der Waals surface area contributed by atoms with E-state index >= 15 is 0 Å². The van der Waals surface area contributed by atoms with E-state index in [1.54, 1.807) is 31.5 Å². The number of thiazole rings is 1. The number of carbonyl (C=O) groups is 1. The van der Waals surface area contributed by atoms with E-state index in [0.717, 1.165) is 4.88 Å². The van der Waals surface area contributed by atoms with Gasteiger partial charge >= 0.3 is 6.36 Å². The number of aromatic nitrogens is 1. The number of benzene rings is 2. The summed E-state index contributed by atoms with van der Waals surface area (Å²) in [6.45, 7) is 0.468. The third-order valence-corrected chi connectivity index (χ3v) is 5.30. The number of nitrogens with one attached hydrogen (secondary N) is 1. The van der Waals surface area contributed by atoms with E-state index in [1.807, 2.05) is 0 Å². The maximum Gasteiger partial charge on any atom is 0.573 e. The van der Waals surface area contributed by atoms with E-state index in [2.05, 4.69) is 15.0 Å². The highest BCUT2D eigenvalue weighted by Crippen LogP contribution is 2.30. The van der Waals surface area contributed by atoms with Crippen LogP contribution in [-0.2, 0) is 11.2 Å². The first kappa shape index (κ1) is 26.3. The number of ether oxygens (including phenoxy) is 4. The minimum absolute atomic E-state index is 0.0246. The second-order valence-electron chi connectivity index (χ2n) is 7.03. The van der Waals surface area contributed by atoms with Crippen LogP contribution in [0.15, 0.2) is 48.7 Å². The average molecular weight is 513 g/mol. The molecule has 3 aromatic rings. The van der Waals surface area contributed by atoms with Gasteiger partial charge in [-0.3, -0.25) is 10.1 Å². The maximum absolute atomic E-state index is 12.7. The molecular formula is C23H23F3N2O6S. The average Bonchev–Trinajstić information content (AvgIpc) is 3.24. The zero-order chi connectivity index (χ0) is 25.3. The summed E-state index contributed by atoms with van der Waals surface area (Å²) >= 11 is 1.20. The number of aliphatic hydroxyl groups excluding tert-OH is 1. The number of alkyl halides is 3. The molecule has 0 unspecified atom stereocenters. The van der Waals surface area contributed by atoms with E-state index in [-0.39, 0.29) is 31.1 Å². The lowest BCUT2D eigenvalue weighted by Crippen LogP contribution is -2.17. The van der Waals surface area contributed by atoms with Crippen molar-refractivity contribution in [2.75, 3.05) is 38.9 Å². The molecule has 12 heteroatoms. The van der Waals surface area contributed by atoms with Gasteiger partial charge in [-0.1, -0.05) is 12.1 Å². The predicted molar refractivity (Wildman–Crippen MR) is 122 cm³/mol. The molecule has 188 valence electrons. The molecule has 0 saturated carbocycles. The molecule has 0 radical (unpaired) electrons. The van der Waals surface area contributed by atoms with Crippen molar-refractivity contribution >= 4 is 22.4 Å². The van der Waals surface area contributed by atoms with Crippen LogP contribution in [0, 0.1) is 0 Å². The number of carbonyl (C=O) groups excluding carboxylic acids is 1. The quantitative estimate of drug-likeness (QED) is 0.350. The van der Waals surface area contributed by atoms with Crippen molar-refractivity contribution in [3.8, 4) is 17.2 Å². The molecule has 0 saturated heterocycles. The van der Waals surface area contributed by atoms with Crippen LogP contribution in [0.1, 0.15) is 20.8 Å². The Bertz CT molecular complexity index is 1120. The third kappa shape index (κ3) is 8.42. The number of amides is 1. The van der Waals surface area contributed by atoms with Crippen molar-refractivity contribution in [3.63, 3.8) is 0 Å². The van der Waals surface area contributed by atoms with E-state index in [0.29, 0.717) is 35.2 Å². The van der Waals surface area contributed by atoms with Gasteiger partial charge in [0.2, 0.25) is 0 Å². The van der Waals surface area contributed by atoms with Crippen molar-refractivity contribution in [2.45, 2.75) is 12.8 Å². The minimum atomic E-state index is -4.77. The second kappa shape index (κ2) is 12.4. The SMILES string of the molecule is COCCOc1ccc(C(=O)Nc2ncc(Cc3cccc(OC(F)(F)F)c3)s2)cc1OCCO. The number of hydrogen-bond donors (Lipinski definition) is 2. The summed E-state index contributed by atoms with van der Waals surface area (Å²) in [6, 6.07) is 10.3. The van der Waals surface area contributed by atoms with Gasteiger partial charge in [-0.25, -0.2) is 4.98 Å². The normalized spacial score (nSPS) is 11.2. The standard InChI is InChI=1S/C23H23F3N2O6S/c1-31-9-10-33-19-6-5-16(13-20(19)32-8-7-29)21(30)28-22-27-14-18(35-22)12-15-3-2-4-17(11-15)34-23(24,25)26/h2-6,11,13-14,29H,7-10,12H2,1H3,(H,27,28,30). The molecule has 2 N–H and O–H groups in total. The fourth-order valence-corrected chi connectivity index (χ4v) is 3.78. The molecule has 3 rings (SSSR count). The molecule has 0 fully saturated rings. The maximum atomic E-state index is 12.7. The number of aliphatic hydroxyl groups is 1. The van der Waals surface area contributed by atoms with Crippen LogP contribution in [0.2, 0.25) is 0 Å². The molecule has 1 aromatic heterocycles. The molecule has 0 bridgehead atoms. The van der Waals surface area contributed by atoms with E-state index in [1.165, 1.54) is 35.6 Å².